The number of carboxylic acid groups (broad SMARTS) is 1. The number of carbonyl (C=O) groups is 1. The number of hydrogen-bond acceptors (Lipinski definition) is 4. The van der Waals surface area contributed by atoms with Gasteiger partial charge in [0.25, 0.3) is 5.69 Å². The van der Waals surface area contributed by atoms with Gasteiger partial charge in [0.1, 0.15) is 11.5 Å². The van der Waals surface area contributed by atoms with Crippen molar-refractivity contribution < 1.29 is 32.4 Å². The minimum atomic E-state index is -5.26. The molecule has 6 nitrogen and oxygen atoms in total. The Morgan fingerprint density at radius 1 is 1.43 bits per heavy atom. The van der Waals surface area contributed by atoms with Crippen LogP contribution in [-0.4, -0.2) is 27.7 Å². The lowest BCUT2D eigenvalue weighted by molar-refractivity contribution is -0.384. The predicted molar refractivity (Wildman–Crippen MR) is 71.5 cm³/mol. The third-order valence-electron chi connectivity index (χ3n) is 2.61. The first-order valence-corrected chi connectivity index (χ1v) is 6.19. The second-order valence-electron chi connectivity index (χ2n) is 4.09. The van der Waals surface area contributed by atoms with E-state index in [-0.39, 0.29) is 10.5 Å². The predicted octanol–water partition coefficient (Wildman–Crippen LogP) is 3.16. The third-order valence-corrected chi connectivity index (χ3v) is 3.44. The van der Waals surface area contributed by atoms with Crippen LogP contribution in [0, 0.1) is 19.5 Å². The number of hydrogen-bond donors (Lipinski definition) is 2. The van der Waals surface area contributed by atoms with E-state index in [4.69, 9.17) is 5.11 Å². The molecule has 1 unspecified atom stereocenters. The molecule has 0 aliphatic rings. The zero-order valence-electron chi connectivity index (χ0n) is 10.2. The maximum atomic E-state index is 13.4. The maximum Gasteiger partial charge on any atom is 0.422 e. The first-order chi connectivity index (χ1) is 9.40. The number of nitrogens with zero attached hydrogens (tertiary/aromatic N) is 1. The van der Waals surface area contributed by atoms with E-state index in [0.717, 1.165) is 0 Å². The molecule has 0 spiro atoms. The van der Waals surface area contributed by atoms with Crippen LogP contribution in [-0.2, 0) is 4.79 Å². The molecular formula is C10H7F4IN2O4. The van der Waals surface area contributed by atoms with Crippen molar-refractivity contribution in [1.29, 1.82) is 0 Å². The highest BCUT2D eigenvalue weighted by Gasteiger charge is 2.58. The molecule has 1 aromatic rings. The number of nitro groups is 1. The highest BCUT2D eigenvalue weighted by Crippen LogP contribution is 2.37. The van der Waals surface area contributed by atoms with Gasteiger partial charge in [0, 0.05) is 12.1 Å². The number of halogens is 5. The van der Waals surface area contributed by atoms with E-state index >= 15 is 0 Å². The molecule has 0 aliphatic carbocycles. The Bertz CT molecular complexity index is 607. The van der Waals surface area contributed by atoms with E-state index in [1.807, 2.05) is 0 Å². The van der Waals surface area contributed by atoms with Crippen molar-refractivity contribution in [1.82, 2.24) is 0 Å². The smallest absolute Gasteiger partial charge is 0.422 e. The standard InChI is InChI=1S/C10H7F4IN2O4/c1-9(8(18)19,10(12,13)14)16-6-2-4(11)5(15)3-7(6)17(20)21/h2-3,16H,1H3,(H,18,19). The summed E-state index contributed by atoms with van der Waals surface area (Å²) < 4.78 is 51.7. The molecule has 0 radical (unpaired) electrons. The van der Waals surface area contributed by atoms with Gasteiger partial charge in [-0.1, -0.05) is 0 Å². The Kier molecular flexibility index (Phi) is 4.65. The summed E-state index contributed by atoms with van der Waals surface area (Å²) in [7, 11) is 0. The van der Waals surface area contributed by atoms with Gasteiger partial charge in [0.2, 0.25) is 5.54 Å². The van der Waals surface area contributed by atoms with Crippen molar-refractivity contribution in [2.75, 3.05) is 5.32 Å². The number of aliphatic carboxylic acids is 1. The molecule has 0 aliphatic heterocycles. The minimum absolute atomic E-state index is 0.186. The lowest BCUT2D eigenvalue weighted by atomic mass is 10.0. The van der Waals surface area contributed by atoms with Crippen molar-refractivity contribution in [2.45, 2.75) is 18.6 Å². The number of alkyl halides is 3. The number of benzene rings is 1. The minimum Gasteiger partial charge on any atom is -0.479 e. The van der Waals surface area contributed by atoms with E-state index in [1.165, 1.54) is 27.9 Å². The van der Waals surface area contributed by atoms with Gasteiger partial charge in [0.15, 0.2) is 0 Å². The molecule has 0 aromatic heterocycles. The summed E-state index contributed by atoms with van der Waals surface area (Å²) in [6.07, 6.45) is -5.26. The Labute approximate surface area is 128 Å². The number of carboxylic acids is 1. The van der Waals surface area contributed by atoms with Gasteiger partial charge in [-0.25, -0.2) is 9.18 Å². The summed E-state index contributed by atoms with van der Waals surface area (Å²) in [5.41, 5.74) is -5.24. The van der Waals surface area contributed by atoms with Crippen molar-refractivity contribution in [3.8, 4) is 0 Å². The molecule has 1 atom stereocenters. The summed E-state index contributed by atoms with van der Waals surface area (Å²) in [6, 6.07) is 1.16. The molecule has 0 amide bonds. The zero-order chi connectivity index (χ0) is 16.6. The van der Waals surface area contributed by atoms with Crippen LogP contribution in [0.3, 0.4) is 0 Å². The Hall–Kier alpha value is -1.66. The van der Waals surface area contributed by atoms with E-state index in [1.54, 1.807) is 0 Å². The maximum absolute atomic E-state index is 13.4. The van der Waals surface area contributed by atoms with Gasteiger partial charge >= 0.3 is 12.1 Å². The number of nitrogens with one attached hydrogen (secondary N) is 1. The van der Waals surface area contributed by atoms with Crippen LogP contribution in [0.4, 0.5) is 28.9 Å². The molecule has 2 N–H and O–H groups in total. The molecule has 11 heteroatoms. The monoisotopic (exact) mass is 422 g/mol. The molecule has 116 valence electrons. The SMILES string of the molecule is CC(Nc1cc(F)c(I)cc1[N+](=O)[O-])(C(=O)O)C(F)(F)F. The van der Waals surface area contributed by atoms with Gasteiger partial charge in [-0.15, -0.1) is 0 Å². The van der Waals surface area contributed by atoms with Crippen molar-refractivity contribution in [2.24, 2.45) is 0 Å². The van der Waals surface area contributed by atoms with Gasteiger partial charge < -0.3 is 10.4 Å². The topological polar surface area (TPSA) is 92.5 Å². The van der Waals surface area contributed by atoms with Crippen LogP contribution in [0.2, 0.25) is 0 Å². The largest absolute Gasteiger partial charge is 0.479 e. The van der Waals surface area contributed by atoms with Gasteiger partial charge in [-0.2, -0.15) is 13.2 Å². The van der Waals surface area contributed by atoms with Crippen LogP contribution >= 0.6 is 22.6 Å². The molecule has 0 heterocycles. The molecule has 21 heavy (non-hydrogen) atoms. The van der Waals surface area contributed by atoms with E-state index in [2.05, 4.69) is 0 Å². The lowest BCUT2D eigenvalue weighted by Gasteiger charge is -2.29. The second-order valence-corrected chi connectivity index (χ2v) is 5.26. The average molecular weight is 422 g/mol. The quantitative estimate of drug-likeness (QED) is 0.337. The molecule has 0 bridgehead atoms. The fraction of sp³-hybridized carbons (Fsp3) is 0.300. The third kappa shape index (κ3) is 3.33. The normalized spacial score (nSPS) is 14.4. The van der Waals surface area contributed by atoms with Gasteiger partial charge in [-0.05, 0) is 29.5 Å². The van der Waals surface area contributed by atoms with Gasteiger partial charge in [-0.3, -0.25) is 10.1 Å². The first kappa shape index (κ1) is 17.4. The van der Waals surface area contributed by atoms with Gasteiger partial charge in [0.05, 0.1) is 8.49 Å². The Morgan fingerprint density at radius 2 is 1.95 bits per heavy atom. The number of rotatable bonds is 4. The highest BCUT2D eigenvalue weighted by molar-refractivity contribution is 14.1. The van der Waals surface area contributed by atoms with Crippen LogP contribution in [0.15, 0.2) is 12.1 Å². The van der Waals surface area contributed by atoms with E-state index in [0.29, 0.717) is 12.1 Å². The average Bonchev–Trinajstić information content (AvgIpc) is 2.31. The molecule has 0 fully saturated rings. The summed E-state index contributed by atoms with van der Waals surface area (Å²) in [5.74, 6) is -3.32. The lowest BCUT2D eigenvalue weighted by Crippen LogP contribution is -2.55. The Balaban J connectivity index is 3.44. The Morgan fingerprint density at radius 3 is 2.33 bits per heavy atom. The van der Waals surface area contributed by atoms with Crippen LogP contribution in [0.5, 0.6) is 0 Å². The van der Waals surface area contributed by atoms with E-state index in [9.17, 15) is 32.5 Å². The van der Waals surface area contributed by atoms with Crippen LogP contribution in [0.1, 0.15) is 6.92 Å². The second kappa shape index (κ2) is 5.61. The summed E-state index contributed by atoms with van der Waals surface area (Å²) in [4.78, 5) is 20.6. The molecule has 0 saturated carbocycles. The molecule has 0 saturated heterocycles. The molecule has 1 rings (SSSR count). The number of anilines is 1. The highest BCUT2D eigenvalue weighted by atomic mass is 127. The van der Waals surface area contributed by atoms with Crippen molar-refractivity contribution >= 4 is 39.9 Å². The number of nitro benzene ring substituents is 1. The van der Waals surface area contributed by atoms with Crippen LogP contribution in [0.25, 0.3) is 0 Å². The summed E-state index contributed by atoms with van der Waals surface area (Å²) >= 11 is 1.42. The molecular weight excluding hydrogens is 415 g/mol. The van der Waals surface area contributed by atoms with Crippen molar-refractivity contribution in [3.63, 3.8) is 0 Å². The van der Waals surface area contributed by atoms with Crippen molar-refractivity contribution in [3.05, 3.63) is 31.6 Å². The summed E-state index contributed by atoms with van der Waals surface area (Å²) in [6.45, 7) is 0.287. The first-order valence-electron chi connectivity index (χ1n) is 5.12. The molecule has 1 aromatic carbocycles. The van der Waals surface area contributed by atoms with Crippen LogP contribution < -0.4 is 5.32 Å². The summed E-state index contributed by atoms with van der Waals surface area (Å²) in [5, 5.41) is 21.0. The zero-order valence-corrected chi connectivity index (χ0v) is 12.3. The fourth-order valence-corrected chi connectivity index (χ4v) is 1.75. The van der Waals surface area contributed by atoms with E-state index < -0.39 is 39.8 Å². The fourth-order valence-electron chi connectivity index (χ4n) is 1.30.